The highest BCUT2D eigenvalue weighted by atomic mass is 16.6. The molecule has 2 N–H and O–H groups in total. The Morgan fingerprint density at radius 1 is 1.47 bits per heavy atom. The third kappa shape index (κ3) is 2.49. The van der Waals surface area contributed by atoms with Crippen LogP contribution < -0.4 is 10.6 Å². The van der Waals surface area contributed by atoms with Crippen LogP contribution in [0.5, 0.6) is 0 Å². The van der Waals surface area contributed by atoms with Gasteiger partial charge in [-0.05, 0) is 31.7 Å². The Hall–Kier alpha value is -1.78. The topological polar surface area (TPSA) is 72.4 Å². The molecule has 1 saturated carbocycles. The van der Waals surface area contributed by atoms with E-state index in [2.05, 4.69) is 11.8 Å². The van der Waals surface area contributed by atoms with E-state index < -0.39 is 4.92 Å². The number of benzene rings is 1. The summed E-state index contributed by atoms with van der Waals surface area (Å²) in [6.07, 6.45) is 2.49. The average Bonchev–Trinajstić information content (AvgIpc) is 3.10. The van der Waals surface area contributed by atoms with E-state index in [4.69, 9.17) is 5.73 Å². The van der Waals surface area contributed by atoms with Gasteiger partial charge in [0.2, 0.25) is 0 Å². The summed E-state index contributed by atoms with van der Waals surface area (Å²) in [7, 11) is 1.96. The lowest BCUT2D eigenvalue weighted by Crippen LogP contribution is -2.30. The standard InChI is InChI=1S/C12H17N3O2/c1-8(9-3-4-9)14(2)11-5-10(13)6-12(7-11)15(16)17/h5-9H,3-4,13H2,1-2H3. The Morgan fingerprint density at radius 2 is 2.12 bits per heavy atom. The molecule has 0 aromatic heterocycles. The summed E-state index contributed by atoms with van der Waals surface area (Å²) in [5.41, 5.74) is 7.00. The molecule has 0 heterocycles. The molecule has 1 aromatic rings. The highest BCUT2D eigenvalue weighted by Crippen LogP contribution is 2.37. The smallest absolute Gasteiger partial charge is 0.273 e. The second-order valence-corrected chi connectivity index (χ2v) is 4.73. The van der Waals surface area contributed by atoms with Crippen molar-refractivity contribution in [1.29, 1.82) is 0 Å². The maximum Gasteiger partial charge on any atom is 0.273 e. The molecule has 5 nitrogen and oxygen atoms in total. The van der Waals surface area contributed by atoms with Gasteiger partial charge in [-0.3, -0.25) is 10.1 Å². The van der Waals surface area contributed by atoms with Gasteiger partial charge in [0.15, 0.2) is 0 Å². The molecule has 5 heteroatoms. The number of nitrogens with two attached hydrogens (primary N) is 1. The second-order valence-electron chi connectivity index (χ2n) is 4.73. The van der Waals surface area contributed by atoms with Gasteiger partial charge in [0, 0.05) is 36.6 Å². The van der Waals surface area contributed by atoms with Gasteiger partial charge in [-0.25, -0.2) is 0 Å². The normalized spacial score (nSPS) is 16.6. The van der Waals surface area contributed by atoms with E-state index in [9.17, 15) is 10.1 Å². The molecule has 0 saturated heterocycles. The van der Waals surface area contributed by atoms with Crippen molar-refractivity contribution in [3.63, 3.8) is 0 Å². The van der Waals surface area contributed by atoms with Crippen LogP contribution in [-0.2, 0) is 0 Å². The van der Waals surface area contributed by atoms with Crippen molar-refractivity contribution in [2.24, 2.45) is 5.92 Å². The predicted molar refractivity (Wildman–Crippen MR) is 68.1 cm³/mol. The van der Waals surface area contributed by atoms with E-state index in [1.807, 2.05) is 7.05 Å². The van der Waals surface area contributed by atoms with E-state index in [-0.39, 0.29) is 5.69 Å². The van der Waals surface area contributed by atoms with Crippen LogP contribution in [0.3, 0.4) is 0 Å². The van der Waals surface area contributed by atoms with Crippen molar-refractivity contribution in [1.82, 2.24) is 0 Å². The highest BCUT2D eigenvalue weighted by Gasteiger charge is 2.31. The zero-order valence-electron chi connectivity index (χ0n) is 10.1. The van der Waals surface area contributed by atoms with E-state index in [1.165, 1.54) is 18.9 Å². The number of hydrogen-bond acceptors (Lipinski definition) is 4. The van der Waals surface area contributed by atoms with Crippen LogP contribution in [0, 0.1) is 16.0 Å². The maximum absolute atomic E-state index is 10.8. The van der Waals surface area contributed by atoms with Crippen molar-refractivity contribution in [3.05, 3.63) is 28.3 Å². The fourth-order valence-electron chi connectivity index (χ4n) is 2.06. The zero-order chi connectivity index (χ0) is 12.6. The molecule has 1 fully saturated rings. The van der Waals surface area contributed by atoms with Gasteiger partial charge in [0.05, 0.1) is 4.92 Å². The molecular formula is C12H17N3O2. The summed E-state index contributed by atoms with van der Waals surface area (Å²) in [5, 5.41) is 10.8. The van der Waals surface area contributed by atoms with Crippen molar-refractivity contribution in [2.75, 3.05) is 17.7 Å². The minimum absolute atomic E-state index is 0.0508. The molecule has 17 heavy (non-hydrogen) atoms. The number of anilines is 2. The van der Waals surface area contributed by atoms with Crippen LogP contribution in [0.25, 0.3) is 0 Å². The maximum atomic E-state index is 10.8. The number of nitro groups is 1. The number of nitro benzene ring substituents is 1. The second kappa shape index (κ2) is 4.24. The summed E-state index contributed by atoms with van der Waals surface area (Å²) >= 11 is 0. The number of nitrogen functional groups attached to an aromatic ring is 1. The van der Waals surface area contributed by atoms with Crippen LogP contribution in [0.1, 0.15) is 19.8 Å². The minimum Gasteiger partial charge on any atom is -0.398 e. The summed E-state index contributed by atoms with van der Waals surface area (Å²) in [6.45, 7) is 2.15. The Bertz CT molecular complexity index is 443. The monoisotopic (exact) mass is 235 g/mol. The molecule has 0 bridgehead atoms. The zero-order valence-corrected chi connectivity index (χ0v) is 10.1. The first-order valence-electron chi connectivity index (χ1n) is 5.77. The average molecular weight is 235 g/mol. The lowest BCUT2D eigenvalue weighted by molar-refractivity contribution is -0.384. The summed E-state index contributed by atoms with van der Waals surface area (Å²) < 4.78 is 0. The quantitative estimate of drug-likeness (QED) is 0.494. The molecule has 1 aromatic carbocycles. The Morgan fingerprint density at radius 3 is 2.65 bits per heavy atom. The molecule has 2 rings (SSSR count). The fourth-order valence-corrected chi connectivity index (χ4v) is 2.06. The van der Waals surface area contributed by atoms with E-state index >= 15 is 0 Å². The molecule has 1 aliphatic rings. The highest BCUT2D eigenvalue weighted by molar-refractivity contribution is 5.62. The predicted octanol–water partition coefficient (Wildman–Crippen LogP) is 2.41. The summed E-state index contributed by atoms with van der Waals surface area (Å²) in [6, 6.07) is 5.15. The van der Waals surface area contributed by atoms with Crippen molar-refractivity contribution >= 4 is 17.1 Å². The molecule has 1 unspecified atom stereocenters. The molecule has 92 valence electrons. The Kier molecular flexibility index (Phi) is 2.92. The lowest BCUT2D eigenvalue weighted by atomic mass is 10.1. The van der Waals surface area contributed by atoms with Gasteiger partial charge in [0.25, 0.3) is 5.69 Å². The molecule has 1 atom stereocenters. The summed E-state index contributed by atoms with van der Waals surface area (Å²) in [5.74, 6) is 0.709. The number of rotatable bonds is 4. The van der Waals surface area contributed by atoms with Gasteiger partial charge >= 0.3 is 0 Å². The number of nitrogens with zero attached hydrogens (tertiary/aromatic N) is 2. The van der Waals surface area contributed by atoms with Gasteiger partial charge in [-0.2, -0.15) is 0 Å². The van der Waals surface area contributed by atoms with Crippen LogP contribution in [0.4, 0.5) is 17.1 Å². The molecular weight excluding hydrogens is 218 g/mol. The molecule has 0 amide bonds. The van der Waals surface area contributed by atoms with Gasteiger partial charge in [0.1, 0.15) is 0 Å². The third-order valence-electron chi connectivity index (χ3n) is 3.46. The number of hydrogen-bond donors (Lipinski definition) is 1. The SMILES string of the molecule is CC(C1CC1)N(C)c1cc(N)cc([N+](=O)[O-])c1. The first kappa shape index (κ1) is 11.7. The van der Waals surface area contributed by atoms with Crippen molar-refractivity contribution in [2.45, 2.75) is 25.8 Å². The molecule has 0 radical (unpaired) electrons. The van der Waals surface area contributed by atoms with E-state index in [0.29, 0.717) is 17.6 Å². The molecule has 0 aliphatic heterocycles. The van der Waals surface area contributed by atoms with Gasteiger partial charge < -0.3 is 10.6 Å². The molecule has 0 spiro atoms. The van der Waals surface area contributed by atoms with Crippen molar-refractivity contribution < 1.29 is 4.92 Å². The van der Waals surface area contributed by atoms with Crippen molar-refractivity contribution in [3.8, 4) is 0 Å². The largest absolute Gasteiger partial charge is 0.398 e. The molecule has 1 aliphatic carbocycles. The van der Waals surface area contributed by atoms with E-state index in [0.717, 1.165) is 5.69 Å². The first-order chi connectivity index (χ1) is 7.99. The summed E-state index contributed by atoms with van der Waals surface area (Å²) in [4.78, 5) is 12.4. The third-order valence-corrected chi connectivity index (χ3v) is 3.46. The van der Waals surface area contributed by atoms with Gasteiger partial charge in [-0.1, -0.05) is 0 Å². The fraction of sp³-hybridized carbons (Fsp3) is 0.500. The van der Waals surface area contributed by atoms with E-state index in [1.54, 1.807) is 12.1 Å². The Balaban J connectivity index is 2.27. The van der Waals surface area contributed by atoms with Crippen LogP contribution in [0.15, 0.2) is 18.2 Å². The lowest BCUT2D eigenvalue weighted by Gasteiger charge is -2.27. The van der Waals surface area contributed by atoms with Gasteiger partial charge in [-0.15, -0.1) is 0 Å². The Labute approximate surface area is 100 Å². The van der Waals surface area contributed by atoms with Crippen LogP contribution >= 0.6 is 0 Å². The van der Waals surface area contributed by atoms with Crippen LogP contribution in [-0.4, -0.2) is 18.0 Å². The number of non-ortho nitro benzene ring substituents is 1. The van der Waals surface area contributed by atoms with Crippen LogP contribution in [0.2, 0.25) is 0 Å². The minimum atomic E-state index is -0.407. The first-order valence-corrected chi connectivity index (χ1v) is 5.77.